The normalized spacial score (nSPS) is 21.3. The molecule has 1 amide bonds. The van der Waals surface area contributed by atoms with Crippen LogP contribution in [0.4, 0.5) is 13.2 Å². The van der Waals surface area contributed by atoms with Gasteiger partial charge in [0.25, 0.3) is 0 Å². The van der Waals surface area contributed by atoms with E-state index in [0.29, 0.717) is 5.56 Å². The summed E-state index contributed by atoms with van der Waals surface area (Å²) in [7, 11) is 0. The van der Waals surface area contributed by atoms with E-state index in [1.165, 1.54) is 32.0 Å². The highest BCUT2D eigenvalue weighted by molar-refractivity contribution is 8.15. The summed E-state index contributed by atoms with van der Waals surface area (Å²) in [5.74, 6) is -3.27. The number of hydrogen-bond donors (Lipinski definition) is 2. The molecule has 2 aromatic carbocycles. The third-order valence-corrected chi connectivity index (χ3v) is 6.35. The van der Waals surface area contributed by atoms with E-state index >= 15 is 8.78 Å². The molecular weight excluding hydrogens is 445 g/mol. The lowest BCUT2D eigenvalue weighted by Gasteiger charge is -2.22. The Morgan fingerprint density at radius 1 is 1.22 bits per heavy atom. The second kappa shape index (κ2) is 8.23. The monoisotopic (exact) mass is 466 g/mol. The Bertz CT molecular complexity index is 1090. The van der Waals surface area contributed by atoms with E-state index in [-0.39, 0.29) is 52.3 Å². The van der Waals surface area contributed by atoms with E-state index in [0.717, 1.165) is 11.8 Å². The van der Waals surface area contributed by atoms with Crippen molar-refractivity contribution >= 4 is 22.8 Å². The number of fused-ring (bicyclic) bond motifs is 2. The fraction of sp³-hybridized carbons (Fsp3) is 0.364. The van der Waals surface area contributed by atoms with Crippen LogP contribution in [-0.4, -0.2) is 28.1 Å². The third kappa shape index (κ3) is 4.50. The second-order valence-corrected chi connectivity index (χ2v) is 9.30. The molecule has 10 heteroatoms. The average molecular weight is 466 g/mol. The van der Waals surface area contributed by atoms with Gasteiger partial charge in [0, 0.05) is 5.56 Å². The van der Waals surface area contributed by atoms with Crippen molar-refractivity contribution in [2.45, 2.75) is 43.7 Å². The highest BCUT2D eigenvalue weighted by atomic mass is 32.2. The first-order chi connectivity index (χ1) is 15.1. The van der Waals surface area contributed by atoms with Gasteiger partial charge in [-0.3, -0.25) is 4.79 Å². The van der Waals surface area contributed by atoms with Crippen molar-refractivity contribution in [2.75, 3.05) is 6.61 Å². The number of alkyl halides is 3. The number of hydrogen-bond acceptors (Lipinski definition) is 6. The summed E-state index contributed by atoms with van der Waals surface area (Å²) in [5.41, 5.74) is -1.04. The summed E-state index contributed by atoms with van der Waals surface area (Å²) in [6.07, 6.45) is 0.276. The first-order valence-electron chi connectivity index (χ1n) is 9.85. The molecule has 0 saturated carbocycles. The number of rotatable bonds is 3. The van der Waals surface area contributed by atoms with Gasteiger partial charge in [-0.1, -0.05) is 35.1 Å². The van der Waals surface area contributed by atoms with E-state index < -0.39 is 23.4 Å². The number of carbonyl (C=O) groups excluding carboxylic acids is 1. The van der Waals surface area contributed by atoms with E-state index in [9.17, 15) is 9.18 Å². The van der Waals surface area contributed by atoms with Gasteiger partial charge in [0.15, 0.2) is 18.1 Å². The third-order valence-electron chi connectivity index (χ3n) is 5.28. The van der Waals surface area contributed by atoms with Crippen molar-refractivity contribution in [3.05, 3.63) is 58.7 Å². The molecule has 2 aromatic rings. The van der Waals surface area contributed by atoms with Crippen molar-refractivity contribution < 1.29 is 32.6 Å². The molecule has 1 unspecified atom stereocenters. The molecule has 4 rings (SSSR count). The number of thioether (sulfide) groups is 1. The number of benzene rings is 2. The summed E-state index contributed by atoms with van der Waals surface area (Å²) in [6.45, 7) is 1.54. The maximum atomic E-state index is 15.0. The highest BCUT2D eigenvalue weighted by Gasteiger charge is 2.38. The Balaban J connectivity index is 1.60. The van der Waals surface area contributed by atoms with Crippen molar-refractivity contribution in [2.24, 2.45) is 5.16 Å². The zero-order valence-electron chi connectivity index (χ0n) is 17.3. The van der Waals surface area contributed by atoms with Gasteiger partial charge in [-0.15, -0.1) is 0 Å². The highest BCUT2D eigenvalue weighted by Crippen LogP contribution is 2.39. The Labute approximate surface area is 186 Å². The minimum absolute atomic E-state index is 0.107. The molecule has 2 aliphatic rings. The van der Waals surface area contributed by atoms with Crippen LogP contribution in [0.2, 0.25) is 0 Å². The number of carbonyl (C=O) groups is 1. The standard InChI is InChI=1S/C22H21F3N2O4S/c1-21(2,23)14-5-4-13-10-30-16-6-3-12(8-18-19(28)26-20(27-29)32-18)7-17(16)31-11-22(24,25)15(13)9-14/h3-7,9,18,29H,8,10-11H2,1-2H3,(H,26,27,28). The van der Waals surface area contributed by atoms with Crippen LogP contribution >= 0.6 is 11.8 Å². The molecule has 170 valence electrons. The van der Waals surface area contributed by atoms with Crippen molar-refractivity contribution in [1.29, 1.82) is 0 Å². The van der Waals surface area contributed by atoms with E-state index in [1.54, 1.807) is 18.2 Å². The van der Waals surface area contributed by atoms with Gasteiger partial charge in [0.2, 0.25) is 11.1 Å². The fourth-order valence-corrected chi connectivity index (χ4v) is 4.44. The molecule has 0 spiro atoms. The zero-order valence-corrected chi connectivity index (χ0v) is 18.1. The molecule has 0 aromatic heterocycles. The van der Waals surface area contributed by atoms with Gasteiger partial charge in [-0.05, 0) is 55.2 Å². The average Bonchev–Trinajstić information content (AvgIpc) is 3.11. The summed E-state index contributed by atoms with van der Waals surface area (Å²) < 4.78 is 55.6. The van der Waals surface area contributed by atoms with Crippen LogP contribution in [0.5, 0.6) is 11.5 Å². The van der Waals surface area contributed by atoms with Crippen molar-refractivity contribution in [3.8, 4) is 11.5 Å². The second-order valence-electron chi connectivity index (χ2n) is 8.11. The molecule has 2 aliphatic heterocycles. The maximum absolute atomic E-state index is 15.0. The van der Waals surface area contributed by atoms with Gasteiger partial charge < -0.3 is 20.0 Å². The van der Waals surface area contributed by atoms with Crippen LogP contribution < -0.4 is 14.8 Å². The minimum Gasteiger partial charge on any atom is -0.485 e. The Kier molecular flexibility index (Phi) is 5.74. The van der Waals surface area contributed by atoms with Crippen LogP contribution in [0.15, 0.2) is 41.6 Å². The number of amidine groups is 1. The summed E-state index contributed by atoms with van der Waals surface area (Å²) in [5, 5.41) is 13.8. The van der Waals surface area contributed by atoms with Gasteiger partial charge in [-0.25, -0.2) is 4.39 Å². The SMILES string of the molecule is CC(C)(F)c1ccc2c(c1)C(F)(F)COc1cc(CC3S/C(=N/O)NC3=O)ccc1OC2. The zero-order chi connectivity index (χ0) is 23.1. The lowest BCUT2D eigenvalue weighted by atomic mass is 9.93. The van der Waals surface area contributed by atoms with Crippen LogP contribution in [0.3, 0.4) is 0 Å². The van der Waals surface area contributed by atoms with Gasteiger partial charge in [-0.2, -0.15) is 8.78 Å². The molecule has 6 nitrogen and oxygen atoms in total. The van der Waals surface area contributed by atoms with Crippen LogP contribution in [0.1, 0.15) is 36.1 Å². The molecular formula is C22H21F3N2O4S. The minimum atomic E-state index is -3.37. The fourth-order valence-electron chi connectivity index (χ4n) is 3.53. The first-order valence-corrected chi connectivity index (χ1v) is 10.7. The lowest BCUT2D eigenvalue weighted by molar-refractivity contribution is -0.118. The topological polar surface area (TPSA) is 80.2 Å². The van der Waals surface area contributed by atoms with E-state index in [1.807, 2.05) is 0 Å². The quantitative estimate of drug-likeness (QED) is 0.515. The predicted molar refractivity (Wildman–Crippen MR) is 113 cm³/mol. The van der Waals surface area contributed by atoms with E-state index in [4.69, 9.17) is 14.7 Å². The van der Waals surface area contributed by atoms with Gasteiger partial charge in [0.05, 0.1) is 5.25 Å². The molecule has 1 atom stereocenters. The molecule has 2 heterocycles. The Morgan fingerprint density at radius 3 is 2.69 bits per heavy atom. The molecule has 0 aliphatic carbocycles. The van der Waals surface area contributed by atoms with Crippen LogP contribution in [-0.2, 0) is 29.4 Å². The van der Waals surface area contributed by atoms with Gasteiger partial charge >= 0.3 is 5.92 Å². The van der Waals surface area contributed by atoms with E-state index in [2.05, 4.69) is 10.5 Å². The number of amides is 1. The molecule has 2 N–H and O–H groups in total. The smallest absolute Gasteiger partial charge is 0.306 e. The van der Waals surface area contributed by atoms with Crippen molar-refractivity contribution in [1.82, 2.24) is 5.32 Å². The Morgan fingerprint density at radius 2 is 2.00 bits per heavy atom. The molecule has 32 heavy (non-hydrogen) atoms. The summed E-state index contributed by atoms with van der Waals surface area (Å²) in [6, 6.07) is 8.98. The Hall–Kier alpha value is -2.88. The molecule has 0 bridgehead atoms. The molecule has 1 fully saturated rings. The van der Waals surface area contributed by atoms with Gasteiger partial charge in [0.1, 0.15) is 12.3 Å². The number of halogens is 3. The van der Waals surface area contributed by atoms with Crippen LogP contribution in [0, 0.1) is 0 Å². The number of nitrogens with one attached hydrogen (secondary N) is 1. The maximum Gasteiger partial charge on any atom is 0.306 e. The summed E-state index contributed by atoms with van der Waals surface area (Å²) in [4.78, 5) is 12.0. The largest absolute Gasteiger partial charge is 0.485 e. The number of ether oxygens (including phenoxy) is 2. The molecule has 1 saturated heterocycles. The van der Waals surface area contributed by atoms with Crippen LogP contribution in [0.25, 0.3) is 0 Å². The predicted octanol–water partition coefficient (Wildman–Crippen LogP) is 4.47. The lowest BCUT2D eigenvalue weighted by Crippen LogP contribution is -2.26. The molecule has 0 radical (unpaired) electrons. The first kappa shape index (κ1) is 22.3. The van der Waals surface area contributed by atoms with Crippen molar-refractivity contribution in [3.63, 3.8) is 0 Å². The number of oxime groups is 1. The number of nitrogens with zero attached hydrogens (tertiary/aromatic N) is 1. The summed E-state index contributed by atoms with van der Waals surface area (Å²) >= 11 is 1.07.